The van der Waals surface area contributed by atoms with Crippen LogP contribution in [-0.4, -0.2) is 47.9 Å². The third-order valence-electron chi connectivity index (χ3n) is 4.37. The van der Waals surface area contributed by atoms with Crippen molar-refractivity contribution in [3.05, 3.63) is 24.2 Å². The minimum Gasteiger partial charge on any atom is -0.459 e. The van der Waals surface area contributed by atoms with Gasteiger partial charge in [0.1, 0.15) is 6.04 Å². The summed E-state index contributed by atoms with van der Waals surface area (Å²) in [5.74, 6) is -0.109. The van der Waals surface area contributed by atoms with Gasteiger partial charge in [0.2, 0.25) is 5.91 Å². The monoisotopic (exact) mass is 291 g/mol. The zero-order valence-electron chi connectivity index (χ0n) is 12.2. The minimum absolute atomic E-state index is 0.00565. The van der Waals surface area contributed by atoms with Crippen LogP contribution in [0.1, 0.15) is 36.7 Å². The lowest BCUT2D eigenvalue weighted by atomic mass is 10.1. The first-order valence-electron chi connectivity index (χ1n) is 7.54. The van der Waals surface area contributed by atoms with Gasteiger partial charge in [0.25, 0.3) is 5.91 Å². The van der Waals surface area contributed by atoms with E-state index in [4.69, 9.17) is 4.42 Å². The second-order valence-electron chi connectivity index (χ2n) is 5.80. The maximum absolute atomic E-state index is 12.7. The summed E-state index contributed by atoms with van der Waals surface area (Å²) in [5.41, 5.74) is 0. The molecule has 21 heavy (non-hydrogen) atoms. The topological polar surface area (TPSA) is 74.6 Å². The highest BCUT2D eigenvalue weighted by Gasteiger charge is 2.39. The fraction of sp³-hybridized carbons (Fsp3) is 0.600. The molecule has 6 heteroatoms. The number of nitrogens with one attached hydrogen (secondary N) is 2. The van der Waals surface area contributed by atoms with Crippen LogP contribution >= 0.6 is 0 Å². The molecule has 0 spiro atoms. The van der Waals surface area contributed by atoms with Crippen LogP contribution in [0.15, 0.2) is 22.8 Å². The van der Waals surface area contributed by atoms with Crippen molar-refractivity contribution in [2.75, 3.05) is 13.1 Å². The van der Waals surface area contributed by atoms with Gasteiger partial charge in [0.15, 0.2) is 5.76 Å². The molecule has 0 radical (unpaired) electrons. The van der Waals surface area contributed by atoms with Gasteiger partial charge in [0.05, 0.1) is 6.26 Å². The molecule has 1 aromatic rings. The fourth-order valence-corrected chi connectivity index (χ4v) is 3.30. The van der Waals surface area contributed by atoms with Crippen LogP contribution in [0, 0.1) is 0 Å². The molecule has 0 aliphatic carbocycles. The predicted octanol–water partition coefficient (Wildman–Crippen LogP) is 0.751. The summed E-state index contributed by atoms with van der Waals surface area (Å²) in [4.78, 5) is 26.6. The van der Waals surface area contributed by atoms with E-state index in [2.05, 4.69) is 10.6 Å². The molecule has 114 valence electrons. The largest absolute Gasteiger partial charge is 0.459 e. The number of hydrogen-bond acceptors (Lipinski definition) is 4. The van der Waals surface area contributed by atoms with Gasteiger partial charge in [-0.15, -0.1) is 0 Å². The van der Waals surface area contributed by atoms with Crippen LogP contribution in [0.5, 0.6) is 0 Å². The van der Waals surface area contributed by atoms with Crippen LogP contribution in [0.4, 0.5) is 0 Å². The van der Waals surface area contributed by atoms with E-state index in [0.717, 1.165) is 32.4 Å². The quantitative estimate of drug-likeness (QED) is 0.862. The first-order valence-corrected chi connectivity index (χ1v) is 7.54. The molecule has 1 aromatic heterocycles. The third kappa shape index (κ3) is 2.81. The molecule has 2 bridgehead atoms. The Balaban J connectivity index is 1.65. The molecule has 2 amide bonds. The molecule has 3 heterocycles. The lowest BCUT2D eigenvalue weighted by molar-refractivity contribution is -0.135. The number of amides is 2. The Hall–Kier alpha value is -1.82. The second kappa shape index (κ2) is 5.89. The van der Waals surface area contributed by atoms with Gasteiger partial charge in [0, 0.05) is 18.6 Å². The Morgan fingerprint density at radius 1 is 1.38 bits per heavy atom. The van der Waals surface area contributed by atoms with E-state index in [9.17, 15) is 9.59 Å². The third-order valence-corrected chi connectivity index (χ3v) is 4.37. The van der Waals surface area contributed by atoms with Crippen molar-refractivity contribution < 1.29 is 14.0 Å². The summed E-state index contributed by atoms with van der Waals surface area (Å²) in [5, 5.41) is 6.09. The molecule has 2 N–H and O–H groups in total. The van der Waals surface area contributed by atoms with E-state index in [1.165, 1.54) is 6.26 Å². The summed E-state index contributed by atoms with van der Waals surface area (Å²) in [6.07, 6.45) is 4.54. The molecule has 6 nitrogen and oxygen atoms in total. The Labute approximate surface area is 123 Å². The second-order valence-corrected chi connectivity index (χ2v) is 5.80. The molecular formula is C15H21N3O3. The van der Waals surface area contributed by atoms with E-state index in [1.54, 1.807) is 19.1 Å². The SMILES string of the molecule is CC(NC(=O)c1ccco1)C(=O)N1C2CCNCC1CC2. The summed E-state index contributed by atoms with van der Waals surface area (Å²) < 4.78 is 5.05. The summed E-state index contributed by atoms with van der Waals surface area (Å²) >= 11 is 0. The molecule has 2 aliphatic rings. The number of nitrogens with zero attached hydrogens (tertiary/aromatic N) is 1. The van der Waals surface area contributed by atoms with Crippen LogP contribution in [0.25, 0.3) is 0 Å². The van der Waals surface area contributed by atoms with E-state index in [0.29, 0.717) is 6.04 Å². The first kappa shape index (κ1) is 14.1. The normalized spacial score (nSPS) is 26.2. The van der Waals surface area contributed by atoms with Gasteiger partial charge in [-0.05, 0) is 44.9 Å². The van der Waals surface area contributed by atoms with Crippen LogP contribution in [-0.2, 0) is 4.79 Å². The highest BCUT2D eigenvalue weighted by molar-refractivity contribution is 5.95. The van der Waals surface area contributed by atoms with Crippen molar-refractivity contribution >= 4 is 11.8 Å². The van der Waals surface area contributed by atoms with Gasteiger partial charge < -0.3 is 20.0 Å². The van der Waals surface area contributed by atoms with Crippen molar-refractivity contribution in [2.24, 2.45) is 0 Å². The Morgan fingerprint density at radius 3 is 2.95 bits per heavy atom. The molecule has 2 saturated heterocycles. The summed E-state index contributed by atoms with van der Waals surface area (Å²) in [6.45, 7) is 3.54. The van der Waals surface area contributed by atoms with Gasteiger partial charge in [-0.1, -0.05) is 0 Å². The maximum Gasteiger partial charge on any atom is 0.287 e. The molecule has 0 saturated carbocycles. The van der Waals surface area contributed by atoms with Crippen molar-refractivity contribution in [1.82, 2.24) is 15.5 Å². The van der Waals surface area contributed by atoms with Crippen LogP contribution < -0.4 is 10.6 Å². The predicted molar refractivity (Wildman–Crippen MR) is 76.8 cm³/mol. The Morgan fingerprint density at radius 2 is 2.19 bits per heavy atom. The molecule has 3 atom stereocenters. The van der Waals surface area contributed by atoms with Gasteiger partial charge in [-0.2, -0.15) is 0 Å². The fourth-order valence-electron chi connectivity index (χ4n) is 3.30. The van der Waals surface area contributed by atoms with Crippen molar-refractivity contribution in [2.45, 2.75) is 44.3 Å². The molecular weight excluding hydrogens is 270 g/mol. The number of furan rings is 1. The van der Waals surface area contributed by atoms with Crippen molar-refractivity contribution in [3.8, 4) is 0 Å². The highest BCUT2D eigenvalue weighted by Crippen LogP contribution is 2.28. The average Bonchev–Trinajstić information content (AvgIpc) is 3.05. The van der Waals surface area contributed by atoms with E-state index in [-0.39, 0.29) is 23.6 Å². The summed E-state index contributed by atoms with van der Waals surface area (Å²) in [6, 6.07) is 3.27. The zero-order valence-corrected chi connectivity index (χ0v) is 12.2. The summed E-state index contributed by atoms with van der Waals surface area (Å²) in [7, 11) is 0. The molecule has 0 aromatic carbocycles. The Kier molecular flexibility index (Phi) is 3.96. The first-order chi connectivity index (χ1) is 10.2. The molecule has 3 rings (SSSR count). The van der Waals surface area contributed by atoms with E-state index >= 15 is 0 Å². The molecule has 2 fully saturated rings. The standard InChI is InChI=1S/C15H21N3O3/c1-10(17-14(19)13-3-2-8-21-13)15(20)18-11-4-5-12(18)9-16-7-6-11/h2-3,8,10-12,16H,4-7,9H2,1H3,(H,17,19). The smallest absolute Gasteiger partial charge is 0.287 e. The van der Waals surface area contributed by atoms with Crippen molar-refractivity contribution in [3.63, 3.8) is 0 Å². The van der Waals surface area contributed by atoms with Crippen LogP contribution in [0.2, 0.25) is 0 Å². The van der Waals surface area contributed by atoms with Crippen LogP contribution in [0.3, 0.4) is 0 Å². The molecule has 2 aliphatic heterocycles. The number of fused-ring (bicyclic) bond motifs is 2. The highest BCUT2D eigenvalue weighted by atomic mass is 16.3. The number of carbonyl (C=O) groups is 2. The molecule has 3 unspecified atom stereocenters. The zero-order chi connectivity index (χ0) is 14.8. The van der Waals surface area contributed by atoms with Crippen molar-refractivity contribution in [1.29, 1.82) is 0 Å². The minimum atomic E-state index is -0.538. The maximum atomic E-state index is 12.7. The average molecular weight is 291 g/mol. The lowest BCUT2D eigenvalue weighted by Gasteiger charge is -2.30. The van der Waals surface area contributed by atoms with E-state index < -0.39 is 6.04 Å². The number of rotatable bonds is 3. The number of hydrogen-bond donors (Lipinski definition) is 2. The van der Waals surface area contributed by atoms with Gasteiger partial charge in [-0.3, -0.25) is 9.59 Å². The van der Waals surface area contributed by atoms with Gasteiger partial charge in [-0.25, -0.2) is 0 Å². The van der Waals surface area contributed by atoms with E-state index in [1.807, 2.05) is 4.90 Å². The Bertz CT molecular complexity index is 500. The van der Waals surface area contributed by atoms with Gasteiger partial charge >= 0.3 is 0 Å². The lowest BCUT2D eigenvalue weighted by Crippen LogP contribution is -2.51. The number of carbonyl (C=O) groups excluding carboxylic acids is 2.